The SMILES string of the molecule is CCCCNC(=NCC(c1cccs1)N1CCOCC1)NCCc1ccco1. The van der Waals surface area contributed by atoms with Crippen LogP contribution in [-0.4, -0.2) is 56.8 Å². The normalized spacial score (nSPS) is 16.8. The largest absolute Gasteiger partial charge is 0.469 e. The van der Waals surface area contributed by atoms with Gasteiger partial charge in [-0.15, -0.1) is 11.3 Å². The second-order valence-electron chi connectivity index (χ2n) is 6.91. The van der Waals surface area contributed by atoms with Crippen LogP contribution in [0, 0.1) is 0 Å². The zero-order valence-corrected chi connectivity index (χ0v) is 17.5. The molecule has 1 atom stereocenters. The van der Waals surface area contributed by atoms with E-state index in [4.69, 9.17) is 14.1 Å². The fraction of sp³-hybridized carbons (Fsp3) is 0.571. The number of unbranched alkanes of at least 4 members (excludes halogenated alkanes) is 1. The molecule has 3 rings (SSSR count). The molecule has 6 nitrogen and oxygen atoms in total. The first-order chi connectivity index (χ1) is 13.9. The number of thiophene rings is 1. The highest BCUT2D eigenvalue weighted by molar-refractivity contribution is 7.10. The van der Waals surface area contributed by atoms with Crippen molar-refractivity contribution in [1.82, 2.24) is 15.5 Å². The summed E-state index contributed by atoms with van der Waals surface area (Å²) in [4.78, 5) is 8.79. The molecule has 1 aliphatic heterocycles. The molecule has 1 aliphatic rings. The van der Waals surface area contributed by atoms with Gasteiger partial charge in [-0.1, -0.05) is 19.4 Å². The van der Waals surface area contributed by atoms with E-state index in [9.17, 15) is 0 Å². The van der Waals surface area contributed by atoms with Crippen molar-refractivity contribution >= 4 is 17.3 Å². The molecule has 0 saturated carbocycles. The molecule has 0 aromatic carbocycles. The molecule has 0 bridgehead atoms. The van der Waals surface area contributed by atoms with Crippen LogP contribution < -0.4 is 10.6 Å². The topological polar surface area (TPSA) is 62.0 Å². The number of guanidine groups is 1. The van der Waals surface area contributed by atoms with Gasteiger partial charge in [0, 0.05) is 37.5 Å². The highest BCUT2D eigenvalue weighted by Crippen LogP contribution is 2.26. The van der Waals surface area contributed by atoms with E-state index in [0.717, 1.165) is 76.9 Å². The lowest BCUT2D eigenvalue weighted by Gasteiger charge is -2.33. The second kappa shape index (κ2) is 11.9. The maximum Gasteiger partial charge on any atom is 0.191 e. The number of morpholine rings is 1. The molecule has 0 spiro atoms. The van der Waals surface area contributed by atoms with E-state index in [1.165, 1.54) is 4.88 Å². The third kappa shape index (κ3) is 6.65. The van der Waals surface area contributed by atoms with E-state index >= 15 is 0 Å². The van der Waals surface area contributed by atoms with Gasteiger partial charge in [0.15, 0.2) is 5.96 Å². The smallest absolute Gasteiger partial charge is 0.191 e. The van der Waals surface area contributed by atoms with Gasteiger partial charge < -0.3 is 19.8 Å². The Morgan fingerprint density at radius 1 is 1.21 bits per heavy atom. The zero-order valence-electron chi connectivity index (χ0n) is 16.7. The van der Waals surface area contributed by atoms with Crippen LogP contribution >= 0.6 is 11.3 Å². The molecular weight excluding hydrogens is 372 g/mol. The van der Waals surface area contributed by atoms with Crippen molar-refractivity contribution in [3.8, 4) is 0 Å². The van der Waals surface area contributed by atoms with Gasteiger partial charge in [0.25, 0.3) is 0 Å². The Bertz CT molecular complexity index is 667. The molecule has 2 N–H and O–H groups in total. The first-order valence-corrected chi connectivity index (χ1v) is 11.1. The van der Waals surface area contributed by atoms with Gasteiger partial charge in [-0.05, 0) is 30.0 Å². The van der Waals surface area contributed by atoms with Gasteiger partial charge in [-0.25, -0.2) is 0 Å². The van der Waals surface area contributed by atoms with Crippen molar-refractivity contribution in [2.45, 2.75) is 32.2 Å². The first-order valence-electron chi connectivity index (χ1n) is 10.3. The summed E-state index contributed by atoms with van der Waals surface area (Å²) < 4.78 is 11.0. The zero-order chi connectivity index (χ0) is 19.4. The lowest BCUT2D eigenvalue weighted by molar-refractivity contribution is 0.0186. The number of hydrogen-bond acceptors (Lipinski definition) is 5. The Morgan fingerprint density at radius 2 is 2.07 bits per heavy atom. The summed E-state index contributed by atoms with van der Waals surface area (Å²) in [5, 5.41) is 9.08. The fourth-order valence-corrected chi connectivity index (χ4v) is 4.10. The van der Waals surface area contributed by atoms with Crippen molar-refractivity contribution < 1.29 is 9.15 Å². The molecule has 7 heteroatoms. The Balaban J connectivity index is 1.61. The molecule has 28 heavy (non-hydrogen) atoms. The Kier molecular flexibility index (Phi) is 8.87. The maximum atomic E-state index is 5.54. The fourth-order valence-electron chi connectivity index (χ4n) is 3.25. The van der Waals surface area contributed by atoms with E-state index in [1.807, 2.05) is 23.5 Å². The Hall–Kier alpha value is -1.83. The van der Waals surface area contributed by atoms with Gasteiger partial charge in [-0.3, -0.25) is 9.89 Å². The van der Waals surface area contributed by atoms with Crippen LogP contribution in [0.4, 0.5) is 0 Å². The van der Waals surface area contributed by atoms with Crippen molar-refractivity contribution in [2.75, 3.05) is 45.9 Å². The van der Waals surface area contributed by atoms with Crippen LogP contribution in [0.2, 0.25) is 0 Å². The summed E-state index contributed by atoms with van der Waals surface area (Å²) in [6.45, 7) is 8.20. The van der Waals surface area contributed by atoms with Crippen molar-refractivity contribution in [1.29, 1.82) is 0 Å². The van der Waals surface area contributed by atoms with Crippen LogP contribution in [0.3, 0.4) is 0 Å². The van der Waals surface area contributed by atoms with E-state index in [2.05, 4.69) is 40.0 Å². The van der Waals surface area contributed by atoms with E-state index in [-0.39, 0.29) is 0 Å². The summed E-state index contributed by atoms with van der Waals surface area (Å²) >= 11 is 1.81. The van der Waals surface area contributed by atoms with Gasteiger partial charge in [0.1, 0.15) is 5.76 Å². The minimum absolute atomic E-state index is 0.304. The monoisotopic (exact) mass is 404 g/mol. The number of nitrogens with one attached hydrogen (secondary N) is 2. The van der Waals surface area contributed by atoms with Crippen molar-refractivity contribution in [2.24, 2.45) is 4.99 Å². The minimum atomic E-state index is 0.304. The van der Waals surface area contributed by atoms with Crippen LogP contribution in [0.5, 0.6) is 0 Å². The van der Waals surface area contributed by atoms with E-state index in [0.29, 0.717) is 6.04 Å². The number of aliphatic imine (C=N–C) groups is 1. The van der Waals surface area contributed by atoms with Crippen molar-refractivity contribution in [3.63, 3.8) is 0 Å². The molecule has 1 fully saturated rings. The number of ether oxygens (including phenoxy) is 1. The molecule has 0 amide bonds. The summed E-state index contributed by atoms with van der Waals surface area (Å²) in [6.07, 6.45) is 4.87. The van der Waals surface area contributed by atoms with E-state index < -0.39 is 0 Å². The minimum Gasteiger partial charge on any atom is -0.469 e. The van der Waals surface area contributed by atoms with Gasteiger partial charge >= 0.3 is 0 Å². The summed E-state index contributed by atoms with van der Waals surface area (Å²) in [6, 6.07) is 8.58. The first kappa shape index (κ1) is 20.9. The average Bonchev–Trinajstić information content (AvgIpc) is 3.43. The Labute approximate surface area is 172 Å². The predicted octanol–water partition coefficient (Wildman–Crippen LogP) is 3.29. The molecule has 1 unspecified atom stereocenters. The molecule has 154 valence electrons. The lowest BCUT2D eigenvalue weighted by atomic mass is 10.2. The summed E-state index contributed by atoms with van der Waals surface area (Å²) in [5.41, 5.74) is 0. The summed E-state index contributed by atoms with van der Waals surface area (Å²) in [5.74, 6) is 1.88. The molecular formula is C21H32N4O2S. The predicted molar refractivity (Wildman–Crippen MR) is 115 cm³/mol. The maximum absolute atomic E-state index is 5.54. The molecule has 2 aromatic rings. The van der Waals surface area contributed by atoms with Crippen LogP contribution in [0.1, 0.15) is 36.4 Å². The Morgan fingerprint density at radius 3 is 2.79 bits per heavy atom. The van der Waals surface area contributed by atoms with Gasteiger partial charge in [0.05, 0.1) is 32.1 Å². The average molecular weight is 405 g/mol. The van der Waals surface area contributed by atoms with Crippen LogP contribution in [0.15, 0.2) is 45.3 Å². The van der Waals surface area contributed by atoms with E-state index in [1.54, 1.807) is 6.26 Å². The van der Waals surface area contributed by atoms with Crippen LogP contribution in [-0.2, 0) is 11.2 Å². The number of rotatable bonds is 10. The second-order valence-corrected chi connectivity index (χ2v) is 7.88. The third-order valence-corrected chi connectivity index (χ3v) is 5.82. The quantitative estimate of drug-likeness (QED) is 0.361. The van der Waals surface area contributed by atoms with Gasteiger partial charge in [0.2, 0.25) is 0 Å². The molecule has 0 aliphatic carbocycles. The summed E-state index contributed by atoms with van der Waals surface area (Å²) in [7, 11) is 0. The third-order valence-electron chi connectivity index (χ3n) is 4.85. The molecule has 0 radical (unpaired) electrons. The van der Waals surface area contributed by atoms with Crippen molar-refractivity contribution in [3.05, 3.63) is 46.5 Å². The molecule has 2 aromatic heterocycles. The highest BCUT2D eigenvalue weighted by Gasteiger charge is 2.23. The lowest BCUT2D eigenvalue weighted by Crippen LogP contribution is -2.42. The molecule has 3 heterocycles. The number of nitrogens with zero attached hydrogens (tertiary/aromatic N) is 2. The van der Waals surface area contributed by atoms with Crippen LogP contribution in [0.25, 0.3) is 0 Å². The standard InChI is InChI=1S/C21H32N4O2S/c1-2-3-9-22-21(23-10-8-18-6-4-13-27-18)24-17-19(20-7-5-16-28-20)25-11-14-26-15-12-25/h4-7,13,16,19H,2-3,8-12,14-15,17H2,1H3,(H2,22,23,24). The number of furan rings is 1. The molecule has 1 saturated heterocycles. The number of hydrogen-bond donors (Lipinski definition) is 2. The highest BCUT2D eigenvalue weighted by atomic mass is 32.1. The van der Waals surface area contributed by atoms with Gasteiger partial charge in [-0.2, -0.15) is 0 Å².